The highest BCUT2D eigenvalue weighted by atomic mass is 16.5. The van der Waals surface area contributed by atoms with Crippen molar-refractivity contribution in [3.05, 3.63) is 108 Å². The van der Waals surface area contributed by atoms with Crippen molar-refractivity contribution in [2.45, 2.75) is 24.5 Å². The predicted molar refractivity (Wildman–Crippen MR) is 132 cm³/mol. The van der Waals surface area contributed by atoms with Crippen LogP contribution in [0.5, 0.6) is 0 Å². The summed E-state index contributed by atoms with van der Waals surface area (Å²) in [5.74, 6) is -0.00900. The van der Waals surface area contributed by atoms with E-state index < -0.39 is 18.3 Å². The molecule has 2 unspecified atom stereocenters. The highest BCUT2D eigenvalue weighted by molar-refractivity contribution is 5.79. The van der Waals surface area contributed by atoms with Crippen LogP contribution >= 0.6 is 0 Å². The van der Waals surface area contributed by atoms with Gasteiger partial charge in [-0.1, -0.05) is 60.7 Å². The number of hydrogen-bond acceptors (Lipinski definition) is 5. The van der Waals surface area contributed by atoms with Crippen molar-refractivity contribution in [3.63, 3.8) is 0 Å². The van der Waals surface area contributed by atoms with Crippen LogP contribution in [0.4, 0.5) is 4.79 Å². The average Bonchev–Trinajstić information content (AvgIpc) is 3.54. The molecule has 1 amide bonds. The number of carbonyl (C=O) groups is 1. The van der Waals surface area contributed by atoms with E-state index in [0.717, 1.165) is 16.8 Å². The summed E-state index contributed by atoms with van der Waals surface area (Å²) >= 11 is 0. The lowest BCUT2D eigenvalue weighted by Gasteiger charge is -2.19. The normalized spacial score (nSPS) is 14.1. The monoisotopic (exact) mass is 469 g/mol. The number of nitrogens with one attached hydrogen (secondary N) is 1. The first-order valence-electron chi connectivity index (χ1n) is 11.7. The fraction of sp³-hybridized carbons (Fsp3) is 0.214. The zero-order valence-electron chi connectivity index (χ0n) is 19.1. The van der Waals surface area contributed by atoms with Crippen molar-refractivity contribution >= 4 is 6.09 Å². The van der Waals surface area contributed by atoms with E-state index in [1.54, 1.807) is 23.0 Å². The highest BCUT2D eigenvalue weighted by Crippen LogP contribution is 2.44. The number of aliphatic hydroxyl groups excluding tert-OH is 2. The maximum absolute atomic E-state index is 12.3. The van der Waals surface area contributed by atoms with Crippen LogP contribution in [0.25, 0.3) is 16.8 Å². The molecule has 0 saturated heterocycles. The lowest BCUT2D eigenvalue weighted by molar-refractivity contribution is 0.0136. The Morgan fingerprint density at radius 3 is 2.23 bits per heavy atom. The van der Waals surface area contributed by atoms with Crippen molar-refractivity contribution < 1.29 is 19.7 Å². The van der Waals surface area contributed by atoms with Crippen LogP contribution in [0.1, 0.15) is 35.1 Å². The Morgan fingerprint density at radius 1 is 0.943 bits per heavy atom. The van der Waals surface area contributed by atoms with Crippen LogP contribution in [0.2, 0.25) is 0 Å². The quantitative estimate of drug-likeness (QED) is 0.360. The van der Waals surface area contributed by atoms with E-state index in [1.807, 2.05) is 48.7 Å². The summed E-state index contributed by atoms with van der Waals surface area (Å²) in [6.45, 7) is 0.411. The number of fused-ring (bicyclic) bond motifs is 3. The minimum atomic E-state index is -1.06. The molecule has 1 heterocycles. The summed E-state index contributed by atoms with van der Waals surface area (Å²) < 4.78 is 7.23. The van der Waals surface area contributed by atoms with Gasteiger partial charge in [0.15, 0.2) is 0 Å². The lowest BCUT2D eigenvalue weighted by atomic mass is 9.98. The van der Waals surface area contributed by atoms with Gasteiger partial charge in [-0.05, 0) is 52.4 Å². The molecular weight excluding hydrogens is 442 g/mol. The predicted octanol–water partition coefficient (Wildman–Crippen LogP) is 4.20. The standard InChI is InChI=1S/C28H27N3O4/c32-26(27(33)19-10-12-20(13-11-19)31-17-5-15-30-31)14-16-29-28(34)35-18-25-23-8-3-1-6-21(23)22-7-2-4-9-24(22)25/h1-13,15,17,25-27,32-33H,14,16,18H2,(H,29,34). The van der Waals surface area contributed by atoms with Crippen LogP contribution in [0.15, 0.2) is 91.3 Å². The summed E-state index contributed by atoms with van der Waals surface area (Å²) in [6, 6.07) is 25.3. The fourth-order valence-electron chi connectivity index (χ4n) is 4.60. The van der Waals surface area contributed by atoms with Crippen molar-refractivity contribution in [3.8, 4) is 16.8 Å². The molecule has 35 heavy (non-hydrogen) atoms. The van der Waals surface area contributed by atoms with Gasteiger partial charge >= 0.3 is 6.09 Å². The first kappa shape index (κ1) is 22.8. The second-order valence-electron chi connectivity index (χ2n) is 8.60. The summed E-state index contributed by atoms with van der Waals surface area (Å²) in [5, 5.41) is 27.7. The number of ether oxygens (including phenoxy) is 1. The average molecular weight is 470 g/mol. The Bertz CT molecular complexity index is 1240. The van der Waals surface area contributed by atoms with Crippen molar-refractivity contribution in [1.29, 1.82) is 0 Å². The maximum atomic E-state index is 12.3. The van der Waals surface area contributed by atoms with Crippen LogP contribution in [0.3, 0.4) is 0 Å². The second kappa shape index (κ2) is 10.1. The molecule has 7 nitrogen and oxygen atoms in total. The third-order valence-corrected chi connectivity index (χ3v) is 6.42. The zero-order valence-corrected chi connectivity index (χ0v) is 19.1. The van der Waals surface area contributed by atoms with Crippen LogP contribution in [-0.2, 0) is 4.74 Å². The van der Waals surface area contributed by atoms with Crippen molar-refractivity contribution in [2.75, 3.05) is 13.2 Å². The Kier molecular flexibility index (Phi) is 6.61. The summed E-state index contributed by atoms with van der Waals surface area (Å²) in [5.41, 5.74) is 6.10. The molecule has 4 aromatic rings. The van der Waals surface area contributed by atoms with Gasteiger partial charge in [0, 0.05) is 24.9 Å². The summed E-state index contributed by atoms with van der Waals surface area (Å²) in [4.78, 5) is 12.3. The van der Waals surface area contributed by atoms with E-state index >= 15 is 0 Å². The number of aliphatic hydroxyl groups is 2. The molecule has 0 bridgehead atoms. The number of hydrogen-bond donors (Lipinski definition) is 3. The molecule has 1 aliphatic rings. The van der Waals surface area contributed by atoms with E-state index in [1.165, 1.54) is 11.1 Å². The lowest BCUT2D eigenvalue weighted by Crippen LogP contribution is -2.30. The molecule has 0 radical (unpaired) electrons. The van der Waals surface area contributed by atoms with Gasteiger partial charge in [-0.2, -0.15) is 5.10 Å². The molecular formula is C28H27N3O4. The number of alkyl carbamates (subject to hydrolysis) is 1. The topological polar surface area (TPSA) is 96.6 Å². The van der Waals surface area contributed by atoms with Crippen molar-refractivity contribution in [1.82, 2.24) is 15.1 Å². The SMILES string of the molecule is O=C(NCCC(O)C(O)c1ccc(-n2cccn2)cc1)OCC1c2ccccc2-c2ccccc21. The number of rotatable bonds is 8. The number of amides is 1. The van der Waals surface area contributed by atoms with Gasteiger partial charge in [0.25, 0.3) is 0 Å². The Hall–Kier alpha value is -3.94. The van der Waals surface area contributed by atoms with Crippen LogP contribution < -0.4 is 5.32 Å². The number of carbonyl (C=O) groups excluding carboxylic acids is 1. The molecule has 3 N–H and O–H groups in total. The largest absolute Gasteiger partial charge is 0.449 e. The summed E-state index contributed by atoms with van der Waals surface area (Å²) in [7, 11) is 0. The molecule has 178 valence electrons. The molecule has 1 aromatic heterocycles. The molecule has 5 rings (SSSR count). The molecule has 0 fully saturated rings. The highest BCUT2D eigenvalue weighted by Gasteiger charge is 2.29. The number of benzene rings is 3. The van der Waals surface area contributed by atoms with Gasteiger partial charge in [-0.15, -0.1) is 0 Å². The first-order chi connectivity index (χ1) is 17.1. The van der Waals surface area contributed by atoms with E-state index in [-0.39, 0.29) is 25.5 Å². The first-order valence-corrected chi connectivity index (χ1v) is 11.7. The minimum absolute atomic E-state index is 0.00900. The van der Waals surface area contributed by atoms with Gasteiger partial charge in [0.2, 0.25) is 0 Å². The number of nitrogens with zero attached hydrogens (tertiary/aromatic N) is 2. The summed E-state index contributed by atoms with van der Waals surface area (Å²) in [6.07, 6.45) is 1.07. The van der Waals surface area contributed by atoms with Crippen LogP contribution in [0, 0.1) is 0 Å². The van der Waals surface area contributed by atoms with Gasteiger partial charge in [-0.3, -0.25) is 0 Å². The maximum Gasteiger partial charge on any atom is 0.407 e. The molecule has 0 saturated carbocycles. The van der Waals surface area contributed by atoms with E-state index in [4.69, 9.17) is 4.74 Å². The van der Waals surface area contributed by atoms with E-state index in [2.05, 4.69) is 34.7 Å². The van der Waals surface area contributed by atoms with Gasteiger partial charge < -0.3 is 20.3 Å². The fourth-order valence-corrected chi connectivity index (χ4v) is 4.60. The molecule has 3 aromatic carbocycles. The minimum Gasteiger partial charge on any atom is -0.449 e. The second-order valence-corrected chi connectivity index (χ2v) is 8.60. The van der Waals surface area contributed by atoms with Gasteiger partial charge in [0.05, 0.1) is 11.8 Å². The molecule has 0 spiro atoms. The molecule has 7 heteroatoms. The van der Waals surface area contributed by atoms with E-state index in [0.29, 0.717) is 5.56 Å². The molecule has 0 aliphatic heterocycles. The van der Waals surface area contributed by atoms with Crippen LogP contribution in [-0.4, -0.2) is 45.3 Å². The molecule has 1 aliphatic carbocycles. The smallest absolute Gasteiger partial charge is 0.407 e. The molecule has 2 atom stereocenters. The Balaban J connectivity index is 1.10. The Labute approximate surface area is 203 Å². The van der Waals surface area contributed by atoms with Gasteiger partial charge in [-0.25, -0.2) is 9.48 Å². The third-order valence-electron chi connectivity index (χ3n) is 6.42. The third kappa shape index (κ3) is 4.82. The Morgan fingerprint density at radius 2 is 1.60 bits per heavy atom. The number of aromatic nitrogens is 2. The van der Waals surface area contributed by atoms with E-state index in [9.17, 15) is 15.0 Å². The van der Waals surface area contributed by atoms with Gasteiger partial charge in [0.1, 0.15) is 12.7 Å². The van der Waals surface area contributed by atoms with Crippen molar-refractivity contribution in [2.24, 2.45) is 0 Å². The zero-order chi connectivity index (χ0) is 24.2.